The molecule has 0 spiro atoms. The highest BCUT2D eigenvalue weighted by Gasteiger charge is 2.28. The van der Waals surface area contributed by atoms with E-state index in [9.17, 15) is 13.2 Å². The van der Waals surface area contributed by atoms with Crippen LogP contribution in [-0.4, -0.2) is 53.0 Å². The molecule has 0 aromatic heterocycles. The van der Waals surface area contributed by atoms with Crippen LogP contribution in [0.1, 0.15) is 30.1 Å². The summed E-state index contributed by atoms with van der Waals surface area (Å²) in [6, 6.07) is 6.15. The van der Waals surface area contributed by atoms with Crippen molar-refractivity contribution in [1.82, 2.24) is 14.9 Å². The number of amides is 1. The van der Waals surface area contributed by atoms with Gasteiger partial charge in [-0.3, -0.25) is 4.79 Å². The van der Waals surface area contributed by atoms with Gasteiger partial charge in [-0.15, -0.1) is 0 Å². The standard InChI is InChI=1S/C16H25N3O3S/c1-16(7-9-17-10-8-16)12-18-23(21,22)14-6-4-5-13(11-14)15(20)19(2)3/h4-6,11,17-18H,7-10,12H2,1-3H3. The van der Waals surface area contributed by atoms with Gasteiger partial charge in [-0.05, 0) is 49.5 Å². The van der Waals surface area contributed by atoms with Crippen molar-refractivity contribution < 1.29 is 13.2 Å². The second-order valence-corrected chi connectivity index (χ2v) is 8.38. The van der Waals surface area contributed by atoms with Crippen LogP contribution >= 0.6 is 0 Å². The Morgan fingerprint density at radius 1 is 1.30 bits per heavy atom. The molecule has 128 valence electrons. The molecule has 1 aromatic rings. The zero-order valence-electron chi connectivity index (χ0n) is 13.9. The molecule has 7 heteroatoms. The Morgan fingerprint density at radius 3 is 2.57 bits per heavy atom. The van der Waals surface area contributed by atoms with Crippen LogP contribution in [0, 0.1) is 5.41 Å². The number of nitrogens with one attached hydrogen (secondary N) is 2. The van der Waals surface area contributed by atoms with Crippen molar-refractivity contribution in [3.05, 3.63) is 29.8 Å². The second kappa shape index (κ2) is 6.98. The van der Waals surface area contributed by atoms with Gasteiger partial charge in [0.1, 0.15) is 0 Å². The zero-order valence-corrected chi connectivity index (χ0v) is 14.7. The van der Waals surface area contributed by atoms with Crippen molar-refractivity contribution in [2.24, 2.45) is 5.41 Å². The van der Waals surface area contributed by atoms with Crippen molar-refractivity contribution in [3.8, 4) is 0 Å². The van der Waals surface area contributed by atoms with Crippen LogP contribution in [0.25, 0.3) is 0 Å². The number of hydrogen-bond donors (Lipinski definition) is 2. The van der Waals surface area contributed by atoms with E-state index in [2.05, 4.69) is 17.0 Å². The number of piperidine rings is 1. The first-order valence-electron chi connectivity index (χ1n) is 7.76. The van der Waals surface area contributed by atoms with Gasteiger partial charge in [0.2, 0.25) is 10.0 Å². The lowest BCUT2D eigenvalue weighted by atomic mass is 9.81. The number of nitrogens with zero attached hydrogens (tertiary/aromatic N) is 1. The predicted molar refractivity (Wildman–Crippen MR) is 89.9 cm³/mol. The molecule has 1 aliphatic rings. The van der Waals surface area contributed by atoms with E-state index < -0.39 is 10.0 Å². The molecule has 1 saturated heterocycles. The van der Waals surface area contributed by atoms with Crippen LogP contribution in [0.5, 0.6) is 0 Å². The third-order valence-corrected chi connectivity index (χ3v) is 5.70. The Morgan fingerprint density at radius 2 is 1.96 bits per heavy atom. The Bertz CT molecular complexity index is 665. The Hall–Kier alpha value is -1.44. The van der Waals surface area contributed by atoms with E-state index in [0.29, 0.717) is 12.1 Å². The van der Waals surface area contributed by atoms with E-state index in [-0.39, 0.29) is 16.2 Å². The molecular weight excluding hydrogens is 314 g/mol. The Labute approximate surface area is 138 Å². The van der Waals surface area contributed by atoms with Crippen molar-refractivity contribution in [2.75, 3.05) is 33.7 Å². The molecule has 1 fully saturated rings. The molecule has 2 rings (SSSR count). The molecule has 0 radical (unpaired) electrons. The van der Waals surface area contributed by atoms with Gasteiger partial charge in [0.25, 0.3) is 5.91 Å². The summed E-state index contributed by atoms with van der Waals surface area (Å²) < 4.78 is 27.7. The molecule has 1 amide bonds. The number of sulfonamides is 1. The van der Waals surface area contributed by atoms with E-state index >= 15 is 0 Å². The summed E-state index contributed by atoms with van der Waals surface area (Å²) in [4.78, 5) is 13.5. The number of rotatable bonds is 5. The van der Waals surface area contributed by atoms with Crippen LogP contribution < -0.4 is 10.0 Å². The molecule has 0 atom stereocenters. The van der Waals surface area contributed by atoms with Gasteiger partial charge in [-0.1, -0.05) is 13.0 Å². The van der Waals surface area contributed by atoms with Gasteiger partial charge >= 0.3 is 0 Å². The molecule has 0 aliphatic carbocycles. The smallest absolute Gasteiger partial charge is 0.253 e. The Kier molecular flexibility index (Phi) is 5.44. The predicted octanol–water partition coefficient (Wildman–Crippen LogP) is 1.06. The third kappa shape index (κ3) is 4.53. The van der Waals surface area contributed by atoms with Crippen LogP contribution in [0.2, 0.25) is 0 Å². The molecular formula is C16H25N3O3S. The fourth-order valence-electron chi connectivity index (χ4n) is 2.61. The molecule has 1 aliphatic heterocycles. The van der Waals surface area contributed by atoms with Gasteiger partial charge in [-0.25, -0.2) is 13.1 Å². The summed E-state index contributed by atoms with van der Waals surface area (Å²) in [6.07, 6.45) is 1.88. The summed E-state index contributed by atoms with van der Waals surface area (Å²) in [6.45, 7) is 4.32. The number of carbonyl (C=O) groups excluding carboxylic acids is 1. The van der Waals surface area contributed by atoms with E-state index in [4.69, 9.17) is 0 Å². The minimum absolute atomic E-state index is 0.0324. The van der Waals surface area contributed by atoms with Crippen LogP contribution in [0.3, 0.4) is 0 Å². The Balaban J connectivity index is 2.13. The molecule has 23 heavy (non-hydrogen) atoms. The lowest BCUT2D eigenvalue weighted by molar-refractivity contribution is 0.0827. The lowest BCUT2D eigenvalue weighted by Gasteiger charge is -2.34. The topological polar surface area (TPSA) is 78.5 Å². The van der Waals surface area contributed by atoms with Crippen LogP contribution in [0.15, 0.2) is 29.2 Å². The summed E-state index contributed by atoms with van der Waals surface area (Å²) in [5.41, 5.74) is 0.334. The molecule has 1 heterocycles. The monoisotopic (exact) mass is 339 g/mol. The molecule has 0 unspecified atom stereocenters. The van der Waals surface area contributed by atoms with Crippen molar-refractivity contribution >= 4 is 15.9 Å². The van der Waals surface area contributed by atoms with E-state index in [0.717, 1.165) is 25.9 Å². The van der Waals surface area contributed by atoms with E-state index in [1.54, 1.807) is 26.2 Å². The fraction of sp³-hybridized carbons (Fsp3) is 0.562. The maximum atomic E-state index is 12.5. The van der Waals surface area contributed by atoms with Gasteiger partial charge < -0.3 is 10.2 Å². The van der Waals surface area contributed by atoms with Crippen LogP contribution in [-0.2, 0) is 10.0 Å². The van der Waals surface area contributed by atoms with Gasteiger partial charge in [0.05, 0.1) is 4.90 Å². The summed E-state index contributed by atoms with van der Waals surface area (Å²) in [5, 5.41) is 3.28. The normalized spacial score (nSPS) is 17.7. The van der Waals surface area contributed by atoms with Gasteiger partial charge in [0, 0.05) is 26.2 Å². The third-order valence-electron chi connectivity index (χ3n) is 4.30. The quantitative estimate of drug-likeness (QED) is 0.841. The number of carbonyl (C=O) groups is 1. The maximum absolute atomic E-state index is 12.5. The average molecular weight is 339 g/mol. The highest BCUT2D eigenvalue weighted by Crippen LogP contribution is 2.27. The fourth-order valence-corrected chi connectivity index (χ4v) is 3.86. The SMILES string of the molecule is CN(C)C(=O)c1cccc(S(=O)(=O)NCC2(C)CCNCC2)c1. The molecule has 2 N–H and O–H groups in total. The zero-order chi connectivity index (χ0) is 17.1. The molecule has 0 bridgehead atoms. The van der Waals surface area contributed by atoms with Gasteiger partial charge in [-0.2, -0.15) is 0 Å². The second-order valence-electron chi connectivity index (χ2n) is 6.61. The van der Waals surface area contributed by atoms with E-state index in [1.165, 1.54) is 17.0 Å². The first kappa shape index (κ1) is 17.9. The van der Waals surface area contributed by atoms with Crippen molar-refractivity contribution in [1.29, 1.82) is 0 Å². The van der Waals surface area contributed by atoms with Crippen molar-refractivity contribution in [3.63, 3.8) is 0 Å². The number of benzene rings is 1. The minimum Gasteiger partial charge on any atom is -0.345 e. The largest absolute Gasteiger partial charge is 0.345 e. The highest BCUT2D eigenvalue weighted by atomic mass is 32.2. The lowest BCUT2D eigenvalue weighted by Crippen LogP contribution is -2.42. The highest BCUT2D eigenvalue weighted by molar-refractivity contribution is 7.89. The molecule has 0 saturated carbocycles. The average Bonchev–Trinajstić information content (AvgIpc) is 2.53. The van der Waals surface area contributed by atoms with E-state index in [1.807, 2.05) is 0 Å². The molecule has 1 aromatic carbocycles. The summed E-state index contributed by atoms with van der Waals surface area (Å²) >= 11 is 0. The van der Waals surface area contributed by atoms with Crippen molar-refractivity contribution in [2.45, 2.75) is 24.7 Å². The maximum Gasteiger partial charge on any atom is 0.253 e. The number of hydrogen-bond acceptors (Lipinski definition) is 4. The summed E-state index contributed by atoms with van der Waals surface area (Å²) in [7, 11) is -0.343. The first-order valence-corrected chi connectivity index (χ1v) is 9.24. The summed E-state index contributed by atoms with van der Waals surface area (Å²) in [5.74, 6) is -0.215. The van der Waals surface area contributed by atoms with Gasteiger partial charge in [0.15, 0.2) is 0 Å². The minimum atomic E-state index is -3.62. The molecule has 6 nitrogen and oxygen atoms in total. The van der Waals surface area contributed by atoms with Crippen LogP contribution in [0.4, 0.5) is 0 Å². The first-order chi connectivity index (χ1) is 10.7.